The molecule has 2 rings (SSSR count). The molecule has 3 N–H and O–H groups in total. The number of anilines is 1. The molecule has 2 aromatic rings. The van der Waals surface area contributed by atoms with Crippen LogP contribution >= 0.6 is 12.4 Å². The zero-order valence-corrected chi connectivity index (χ0v) is 15.2. The number of ketones is 1. The molecular weight excluding hydrogens is 359 g/mol. The summed E-state index contributed by atoms with van der Waals surface area (Å²) in [4.78, 5) is 24.4. The van der Waals surface area contributed by atoms with E-state index in [-0.39, 0.29) is 36.1 Å². The van der Waals surface area contributed by atoms with Crippen LogP contribution in [0.2, 0.25) is 0 Å². The molecule has 2 aromatic carbocycles. The van der Waals surface area contributed by atoms with Crippen molar-refractivity contribution in [1.82, 2.24) is 0 Å². The summed E-state index contributed by atoms with van der Waals surface area (Å²) in [5.74, 6) is -0.903. The van der Waals surface area contributed by atoms with Gasteiger partial charge in [0, 0.05) is 30.1 Å². The number of Topliss-reactive ketones (excluding diaryl/α,β-unsaturated/α-hetero) is 1. The van der Waals surface area contributed by atoms with Crippen LogP contribution in [0.5, 0.6) is 5.75 Å². The van der Waals surface area contributed by atoms with E-state index in [1.54, 1.807) is 37.3 Å². The molecular formula is C19H22ClFN2O3. The number of hydrogen-bond donors (Lipinski definition) is 2. The second-order valence-electron chi connectivity index (χ2n) is 5.69. The van der Waals surface area contributed by atoms with Crippen LogP contribution in [0.3, 0.4) is 0 Å². The number of benzene rings is 2. The lowest BCUT2D eigenvalue weighted by Crippen LogP contribution is -2.20. The van der Waals surface area contributed by atoms with Gasteiger partial charge in [-0.25, -0.2) is 4.39 Å². The Labute approximate surface area is 158 Å². The van der Waals surface area contributed by atoms with Crippen molar-refractivity contribution in [3.63, 3.8) is 0 Å². The molecule has 0 aromatic heterocycles. The third-order valence-corrected chi connectivity index (χ3v) is 3.57. The van der Waals surface area contributed by atoms with Gasteiger partial charge in [-0.3, -0.25) is 9.59 Å². The maximum atomic E-state index is 13.2. The molecule has 0 saturated carbocycles. The Balaban J connectivity index is 0.00000338. The van der Waals surface area contributed by atoms with Crippen LogP contribution in [0.25, 0.3) is 0 Å². The Morgan fingerprint density at radius 2 is 1.88 bits per heavy atom. The number of hydrogen-bond acceptors (Lipinski definition) is 4. The van der Waals surface area contributed by atoms with Crippen molar-refractivity contribution in [3.05, 3.63) is 59.9 Å². The molecule has 26 heavy (non-hydrogen) atoms. The normalized spacial score (nSPS) is 11.2. The van der Waals surface area contributed by atoms with Crippen LogP contribution in [0, 0.1) is 11.7 Å². The smallest absolute Gasteiger partial charge is 0.225 e. The molecule has 140 valence electrons. The first-order valence-corrected chi connectivity index (χ1v) is 8.02. The van der Waals surface area contributed by atoms with Gasteiger partial charge in [0.2, 0.25) is 5.91 Å². The van der Waals surface area contributed by atoms with Gasteiger partial charge >= 0.3 is 0 Å². The summed E-state index contributed by atoms with van der Waals surface area (Å²) in [6, 6.07) is 12.3. The van der Waals surface area contributed by atoms with Crippen molar-refractivity contribution >= 4 is 29.8 Å². The van der Waals surface area contributed by atoms with Gasteiger partial charge in [0.25, 0.3) is 0 Å². The number of carbonyl (C=O) groups is 2. The van der Waals surface area contributed by atoms with E-state index in [9.17, 15) is 14.0 Å². The van der Waals surface area contributed by atoms with Gasteiger partial charge in [-0.1, -0.05) is 19.1 Å². The fourth-order valence-corrected chi connectivity index (χ4v) is 2.32. The van der Waals surface area contributed by atoms with Crippen molar-refractivity contribution in [2.24, 2.45) is 11.7 Å². The summed E-state index contributed by atoms with van der Waals surface area (Å²) >= 11 is 0. The van der Waals surface area contributed by atoms with Crippen molar-refractivity contribution < 1.29 is 18.7 Å². The molecule has 0 radical (unpaired) electrons. The topological polar surface area (TPSA) is 81.4 Å². The van der Waals surface area contributed by atoms with Gasteiger partial charge in [0.15, 0.2) is 5.78 Å². The van der Waals surface area contributed by atoms with Gasteiger partial charge in [-0.2, -0.15) is 0 Å². The standard InChI is InChI=1S/C19H21FN2O3.ClH/c1-13(19(24)14-3-2-4-15(20)12-14)11-18(23)22-16-5-7-17(8-6-16)25-10-9-21;/h2-8,12-13H,9-11,21H2,1H3,(H,22,23);1H. The molecule has 0 saturated heterocycles. The number of carbonyl (C=O) groups excluding carboxylic acids is 2. The summed E-state index contributed by atoms with van der Waals surface area (Å²) in [6.07, 6.45) is 0.0147. The molecule has 5 nitrogen and oxygen atoms in total. The lowest BCUT2D eigenvalue weighted by atomic mass is 9.96. The summed E-state index contributed by atoms with van der Waals surface area (Å²) in [7, 11) is 0. The van der Waals surface area contributed by atoms with E-state index in [2.05, 4.69) is 5.32 Å². The maximum absolute atomic E-state index is 13.2. The first-order valence-electron chi connectivity index (χ1n) is 8.02. The molecule has 1 atom stereocenters. The van der Waals surface area contributed by atoms with Crippen LogP contribution < -0.4 is 15.8 Å². The van der Waals surface area contributed by atoms with Crippen LogP contribution in [0.15, 0.2) is 48.5 Å². The van der Waals surface area contributed by atoms with Crippen molar-refractivity contribution in [1.29, 1.82) is 0 Å². The van der Waals surface area contributed by atoms with Crippen LogP contribution in [-0.2, 0) is 4.79 Å². The van der Waals surface area contributed by atoms with Gasteiger partial charge in [0.05, 0.1) is 0 Å². The molecule has 7 heteroatoms. The number of rotatable bonds is 8. The van der Waals surface area contributed by atoms with Crippen molar-refractivity contribution in [2.75, 3.05) is 18.5 Å². The van der Waals surface area contributed by atoms with Crippen LogP contribution in [-0.4, -0.2) is 24.8 Å². The largest absolute Gasteiger partial charge is 0.492 e. The summed E-state index contributed by atoms with van der Waals surface area (Å²) < 4.78 is 18.6. The molecule has 0 aliphatic rings. The fraction of sp³-hybridized carbons (Fsp3) is 0.263. The van der Waals surface area contributed by atoms with E-state index in [4.69, 9.17) is 10.5 Å². The highest BCUT2D eigenvalue weighted by molar-refractivity contribution is 6.01. The molecule has 0 aliphatic heterocycles. The SMILES string of the molecule is CC(CC(=O)Nc1ccc(OCCN)cc1)C(=O)c1cccc(F)c1.Cl. The van der Waals surface area contributed by atoms with Crippen LogP contribution in [0.4, 0.5) is 10.1 Å². The first kappa shape index (κ1) is 21.6. The third-order valence-electron chi connectivity index (χ3n) is 3.57. The number of nitrogens with one attached hydrogen (secondary N) is 1. The van der Waals surface area contributed by atoms with E-state index in [1.165, 1.54) is 18.2 Å². The fourth-order valence-electron chi connectivity index (χ4n) is 2.32. The Morgan fingerprint density at radius 3 is 2.50 bits per heavy atom. The highest BCUT2D eigenvalue weighted by atomic mass is 35.5. The molecule has 1 amide bonds. The Kier molecular flexibility index (Phi) is 8.75. The lowest BCUT2D eigenvalue weighted by molar-refractivity contribution is -0.116. The highest BCUT2D eigenvalue weighted by Gasteiger charge is 2.19. The monoisotopic (exact) mass is 380 g/mol. The predicted molar refractivity (Wildman–Crippen MR) is 101 cm³/mol. The van der Waals surface area contributed by atoms with E-state index >= 15 is 0 Å². The van der Waals surface area contributed by atoms with Crippen LogP contribution in [0.1, 0.15) is 23.7 Å². The quantitative estimate of drug-likeness (QED) is 0.687. The highest BCUT2D eigenvalue weighted by Crippen LogP contribution is 2.18. The van der Waals surface area contributed by atoms with E-state index in [0.29, 0.717) is 24.6 Å². The number of amides is 1. The summed E-state index contributed by atoms with van der Waals surface area (Å²) in [5.41, 5.74) is 6.24. The van der Waals surface area contributed by atoms with Gasteiger partial charge in [-0.15, -0.1) is 12.4 Å². The predicted octanol–water partition coefficient (Wildman–Crippen LogP) is 3.43. The van der Waals surface area contributed by atoms with E-state index in [0.717, 1.165) is 0 Å². The van der Waals surface area contributed by atoms with Crippen molar-refractivity contribution in [2.45, 2.75) is 13.3 Å². The van der Waals surface area contributed by atoms with E-state index < -0.39 is 11.7 Å². The zero-order valence-electron chi connectivity index (χ0n) is 14.4. The Hall–Kier alpha value is -2.44. The van der Waals surface area contributed by atoms with Gasteiger partial charge in [0.1, 0.15) is 18.2 Å². The average Bonchev–Trinajstić information content (AvgIpc) is 2.60. The Bertz CT molecular complexity index is 738. The summed E-state index contributed by atoms with van der Waals surface area (Å²) in [6.45, 7) is 2.50. The number of ether oxygens (including phenoxy) is 1. The minimum atomic E-state index is -0.547. The maximum Gasteiger partial charge on any atom is 0.225 e. The Morgan fingerprint density at radius 1 is 1.19 bits per heavy atom. The molecule has 0 heterocycles. The second kappa shape index (κ2) is 10.5. The molecule has 1 unspecified atom stereocenters. The van der Waals surface area contributed by atoms with Gasteiger partial charge in [-0.05, 0) is 36.4 Å². The first-order chi connectivity index (χ1) is 12.0. The molecule has 0 aliphatic carbocycles. The second-order valence-corrected chi connectivity index (χ2v) is 5.69. The third kappa shape index (κ3) is 6.46. The van der Waals surface area contributed by atoms with E-state index in [1.807, 2.05) is 0 Å². The number of halogens is 2. The zero-order chi connectivity index (χ0) is 18.2. The minimum absolute atomic E-state index is 0. The average molecular weight is 381 g/mol. The molecule has 0 bridgehead atoms. The summed E-state index contributed by atoms with van der Waals surface area (Å²) in [5, 5.41) is 2.73. The van der Waals surface area contributed by atoms with Gasteiger partial charge < -0.3 is 15.8 Å². The number of nitrogens with two attached hydrogens (primary N) is 1. The van der Waals surface area contributed by atoms with Crippen molar-refractivity contribution in [3.8, 4) is 5.75 Å². The minimum Gasteiger partial charge on any atom is -0.492 e. The molecule has 0 fully saturated rings. The molecule has 0 spiro atoms. The lowest BCUT2D eigenvalue weighted by Gasteiger charge is -2.11.